The molecular weight excluding hydrogens is 365 g/mol. The van der Waals surface area contributed by atoms with Crippen LogP contribution in [-0.2, 0) is 10.3 Å². The fourth-order valence-corrected chi connectivity index (χ4v) is 3.75. The maximum atomic E-state index is 5.82. The molecule has 112 valence electrons. The fourth-order valence-electron chi connectivity index (χ4n) is 2.79. The fraction of sp³-hybridized carbons (Fsp3) is 0.733. The van der Waals surface area contributed by atoms with Crippen LogP contribution in [0.2, 0.25) is 0 Å². The van der Waals surface area contributed by atoms with E-state index in [-0.39, 0.29) is 0 Å². The van der Waals surface area contributed by atoms with Gasteiger partial charge in [-0.25, -0.2) is 9.97 Å². The van der Waals surface area contributed by atoms with Crippen LogP contribution in [0.15, 0.2) is 0 Å². The van der Waals surface area contributed by atoms with Crippen LogP contribution in [0.5, 0.6) is 0 Å². The number of halogens is 1. The van der Waals surface area contributed by atoms with Crippen molar-refractivity contribution in [2.45, 2.75) is 58.0 Å². The number of ether oxygens (including phenoxy) is 1. The summed E-state index contributed by atoms with van der Waals surface area (Å²) >= 11 is 2.37. The molecule has 4 nitrogen and oxygen atoms in total. The first kappa shape index (κ1) is 15.9. The molecule has 1 saturated carbocycles. The molecular formula is C15H24IN3O. The summed E-state index contributed by atoms with van der Waals surface area (Å²) in [6.07, 6.45) is 5.10. The zero-order valence-corrected chi connectivity index (χ0v) is 15.0. The van der Waals surface area contributed by atoms with Crippen molar-refractivity contribution in [3.05, 3.63) is 15.1 Å². The molecule has 0 saturated heterocycles. The Bertz CT molecular complexity index is 470. The molecule has 1 N–H and O–H groups in total. The molecule has 5 heteroatoms. The summed E-state index contributed by atoms with van der Waals surface area (Å²) in [7, 11) is 1.92. The number of anilines is 1. The monoisotopic (exact) mass is 389 g/mol. The Balaban J connectivity index is 2.45. The lowest BCUT2D eigenvalue weighted by molar-refractivity contribution is -0.0209. The first-order chi connectivity index (χ1) is 9.49. The molecule has 0 radical (unpaired) electrons. The maximum Gasteiger partial charge on any atom is 0.162 e. The van der Waals surface area contributed by atoms with Crippen LogP contribution in [0, 0.1) is 3.57 Å². The van der Waals surface area contributed by atoms with E-state index < -0.39 is 5.60 Å². The van der Waals surface area contributed by atoms with Gasteiger partial charge in [-0.05, 0) is 56.2 Å². The minimum Gasteiger partial charge on any atom is -0.372 e. The average Bonchev–Trinajstić information content (AvgIpc) is 2.92. The Morgan fingerprint density at radius 3 is 2.50 bits per heavy atom. The molecule has 1 aromatic rings. The van der Waals surface area contributed by atoms with Gasteiger partial charge in [-0.2, -0.15) is 0 Å². The van der Waals surface area contributed by atoms with E-state index in [4.69, 9.17) is 9.72 Å². The third-order valence-corrected chi connectivity index (χ3v) is 4.96. The van der Waals surface area contributed by atoms with Gasteiger partial charge in [0.1, 0.15) is 11.4 Å². The molecule has 0 aromatic carbocycles. The van der Waals surface area contributed by atoms with Crippen molar-refractivity contribution in [3.63, 3.8) is 0 Å². The van der Waals surface area contributed by atoms with Crippen LogP contribution >= 0.6 is 22.6 Å². The largest absolute Gasteiger partial charge is 0.372 e. The SMILES string of the molecule is CCOC(C)(C)c1nc(NC)c(I)c(C2CCCC2)n1. The summed E-state index contributed by atoms with van der Waals surface area (Å²) in [5, 5.41) is 3.20. The molecule has 1 aliphatic rings. The Kier molecular flexibility index (Phi) is 5.23. The van der Waals surface area contributed by atoms with Crippen LogP contribution in [0.1, 0.15) is 63.9 Å². The van der Waals surface area contributed by atoms with Gasteiger partial charge in [0.25, 0.3) is 0 Å². The molecule has 2 rings (SSSR count). The molecule has 20 heavy (non-hydrogen) atoms. The highest BCUT2D eigenvalue weighted by Crippen LogP contribution is 2.38. The number of hydrogen-bond donors (Lipinski definition) is 1. The van der Waals surface area contributed by atoms with Crippen LogP contribution in [0.3, 0.4) is 0 Å². The van der Waals surface area contributed by atoms with E-state index in [0.29, 0.717) is 12.5 Å². The van der Waals surface area contributed by atoms with E-state index in [1.54, 1.807) is 0 Å². The molecule has 0 bridgehead atoms. The van der Waals surface area contributed by atoms with Gasteiger partial charge in [-0.15, -0.1) is 0 Å². The van der Waals surface area contributed by atoms with Gasteiger partial charge in [0, 0.05) is 19.6 Å². The lowest BCUT2D eigenvalue weighted by atomic mass is 10.0. The zero-order chi connectivity index (χ0) is 14.8. The highest BCUT2D eigenvalue weighted by atomic mass is 127. The van der Waals surface area contributed by atoms with Gasteiger partial charge in [0.15, 0.2) is 5.82 Å². The molecule has 0 aliphatic heterocycles. The Hall–Kier alpha value is -0.430. The standard InChI is InChI=1S/C15H24IN3O/c1-5-20-15(2,3)14-18-12(10-8-6-7-9-10)11(16)13(17-4)19-14/h10H,5-9H2,1-4H3,(H,17,18,19). The molecule has 0 spiro atoms. The molecule has 0 amide bonds. The quantitative estimate of drug-likeness (QED) is 0.772. The van der Waals surface area contributed by atoms with Gasteiger partial charge in [0.2, 0.25) is 0 Å². The molecule has 1 heterocycles. The van der Waals surface area contributed by atoms with Crippen molar-refractivity contribution in [3.8, 4) is 0 Å². The predicted octanol–water partition coefficient (Wildman–Crippen LogP) is 4.05. The average molecular weight is 389 g/mol. The first-order valence-electron chi connectivity index (χ1n) is 7.39. The lowest BCUT2D eigenvalue weighted by Crippen LogP contribution is -2.26. The highest BCUT2D eigenvalue weighted by molar-refractivity contribution is 14.1. The van der Waals surface area contributed by atoms with E-state index in [9.17, 15) is 0 Å². The second-order valence-electron chi connectivity index (χ2n) is 5.77. The minimum atomic E-state index is -0.446. The summed E-state index contributed by atoms with van der Waals surface area (Å²) < 4.78 is 6.98. The van der Waals surface area contributed by atoms with E-state index in [1.807, 2.05) is 27.8 Å². The van der Waals surface area contributed by atoms with Crippen LogP contribution in [0.4, 0.5) is 5.82 Å². The number of rotatable bonds is 5. The van der Waals surface area contributed by atoms with Crippen molar-refractivity contribution in [2.75, 3.05) is 19.0 Å². The third kappa shape index (κ3) is 3.24. The van der Waals surface area contributed by atoms with Crippen molar-refractivity contribution >= 4 is 28.4 Å². The Morgan fingerprint density at radius 1 is 1.30 bits per heavy atom. The van der Waals surface area contributed by atoms with Gasteiger partial charge < -0.3 is 10.1 Å². The molecule has 1 aliphatic carbocycles. The van der Waals surface area contributed by atoms with Crippen LogP contribution in [-0.4, -0.2) is 23.6 Å². The Labute approximate surface area is 135 Å². The van der Waals surface area contributed by atoms with E-state index >= 15 is 0 Å². The van der Waals surface area contributed by atoms with Crippen LogP contribution < -0.4 is 5.32 Å². The van der Waals surface area contributed by atoms with Gasteiger partial charge in [0.05, 0.1) is 9.26 Å². The normalized spacial score (nSPS) is 16.6. The molecule has 1 aromatic heterocycles. The number of nitrogens with zero attached hydrogens (tertiary/aromatic N) is 2. The minimum absolute atomic E-state index is 0.446. The van der Waals surface area contributed by atoms with Crippen molar-refractivity contribution in [1.82, 2.24) is 9.97 Å². The van der Waals surface area contributed by atoms with Crippen molar-refractivity contribution in [1.29, 1.82) is 0 Å². The van der Waals surface area contributed by atoms with E-state index in [0.717, 1.165) is 15.2 Å². The summed E-state index contributed by atoms with van der Waals surface area (Å²) in [5.41, 5.74) is 0.753. The van der Waals surface area contributed by atoms with Gasteiger partial charge >= 0.3 is 0 Å². The molecule has 0 atom stereocenters. The third-order valence-electron chi connectivity index (χ3n) is 3.90. The summed E-state index contributed by atoms with van der Waals surface area (Å²) in [5.74, 6) is 2.28. The summed E-state index contributed by atoms with van der Waals surface area (Å²) in [6, 6.07) is 0. The van der Waals surface area contributed by atoms with E-state index in [1.165, 1.54) is 31.4 Å². The van der Waals surface area contributed by atoms with Crippen molar-refractivity contribution < 1.29 is 4.74 Å². The van der Waals surface area contributed by atoms with Gasteiger partial charge in [-0.3, -0.25) is 0 Å². The second kappa shape index (κ2) is 6.56. The number of aromatic nitrogens is 2. The molecule has 1 fully saturated rings. The van der Waals surface area contributed by atoms with Crippen LogP contribution in [0.25, 0.3) is 0 Å². The predicted molar refractivity (Wildman–Crippen MR) is 90.2 cm³/mol. The summed E-state index contributed by atoms with van der Waals surface area (Å²) in [4.78, 5) is 9.53. The lowest BCUT2D eigenvalue weighted by Gasteiger charge is -2.25. The maximum absolute atomic E-state index is 5.82. The van der Waals surface area contributed by atoms with Gasteiger partial charge in [-0.1, -0.05) is 12.8 Å². The zero-order valence-electron chi connectivity index (χ0n) is 12.8. The van der Waals surface area contributed by atoms with Crippen molar-refractivity contribution in [2.24, 2.45) is 0 Å². The smallest absolute Gasteiger partial charge is 0.162 e. The number of nitrogens with one attached hydrogen (secondary N) is 1. The number of hydrogen-bond acceptors (Lipinski definition) is 4. The first-order valence-corrected chi connectivity index (χ1v) is 8.47. The molecule has 0 unspecified atom stereocenters. The Morgan fingerprint density at radius 2 is 1.95 bits per heavy atom. The second-order valence-corrected chi connectivity index (χ2v) is 6.85. The summed E-state index contributed by atoms with van der Waals surface area (Å²) in [6.45, 7) is 6.74. The topological polar surface area (TPSA) is 47.0 Å². The highest BCUT2D eigenvalue weighted by Gasteiger charge is 2.29. The van der Waals surface area contributed by atoms with E-state index in [2.05, 4.69) is 32.9 Å².